The Hall–Kier alpha value is -1.78. The Morgan fingerprint density at radius 1 is 1.11 bits per heavy atom. The van der Waals surface area contributed by atoms with E-state index in [1.54, 1.807) is 0 Å². The molecular formula is C7H6F6N4O. The van der Waals surface area contributed by atoms with Crippen LogP contribution in [0.4, 0.5) is 32.2 Å². The fourth-order valence-corrected chi connectivity index (χ4v) is 0.923. The molecule has 0 aliphatic heterocycles. The lowest BCUT2D eigenvalue weighted by Crippen LogP contribution is -2.46. The van der Waals surface area contributed by atoms with Crippen LogP contribution < -0.4 is 16.0 Å². The lowest BCUT2D eigenvalue weighted by molar-refractivity contribution is -0.300. The first kappa shape index (κ1) is 14.3. The summed E-state index contributed by atoms with van der Waals surface area (Å²) < 4.78 is 76.7. The highest BCUT2D eigenvalue weighted by molar-refractivity contribution is 5.35. The van der Waals surface area contributed by atoms with Crippen LogP contribution >= 0.6 is 0 Å². The minimum atomic E-state index is -5.61. The van der Waals surface area contributed by atoms with Gasteiger partial charge in [-0.05, 0) is 0 Å². The zero-order chi connectivity index (χ0) is 14.0. The minimum Gasteiger partial charge on any atom is -0.455 e. The van der Waals surface area contributed by atoms with Gasteiger partial charge in [-0.15, -0.1) is 0 Å². The third-order valence-electron chi connectivity index (χ3n) is 1.62. The van der Waals surface area contributed by atoms with Crippen LogP contribution in [0.15, 0.2) is 12.4 Å². The van der Waals surface area contributed by atoms with Crippen molar-refractivity contribution in [2.45, 2.75) is 18.5 Å². The first-order valence-corrected chi connectivity index (χ1v) is 4.23. The van der Waals surface area contributed by atoms with Crippen molar-refractivity contribution in [1.82, 2.24) is 9.97 Å². The third-order valence-corrected chi connectivity index (χ3v) is 1.62. The Balaban J connectivity index is 2.97. The molecule has 0 unspecified atom stereocenters. The third kappa shape index (κ3) is 3.61. The molecule has 0 spiro atoms. The minimum absolute atomic E-state index is 0.192. The molecule has 1 rings (SSSR count). The second-order valence-corrected chi connectivity index (χ2v) is 2.97. The summed E-state index contributed by atoms with van der Waals surface area (Å²) in [5, 5.41) is 0. The molecule has 0 atom stereocenters. The highest BCUT2D eigenvalue weighted by atomic mass is 19.4. The van der Waals surface area contributed by atoms with E-state index in [9.17, 15) is 26.3 Å². The fourth-order valence-electron chi connectivity index (χ4n) is 0.923. The van der Waals surface area contributed by atoms with Gasteiger partial charge in [0, 0.05) is 6.07 Å². The molecule has 18 heavy (non-hydrogen) atoms. The van der Waals surface area contributed by atoms with Crippen LogP contribution in [0, 0.1) is 0 Å². The van der Waals surface area contributed by atoms with Gasteiger partial charge in [0.25, 0.3) is 6.10 Å². The molecular weight excluding hydrogens is 270 g/mol. The summed E-state index contributed by atoms with van der Waals surface area (Å²) >= 11 is 0. The molecule has 0 aliphatic carbocycles. The summed E-state index contributed by atoms with van der Waals surface area (Å²) in [7, 11) is 0. The van der Waals surface area contributed by atoms with Crippen LogP contribution in [0.3, 0.4) is 0 Å². The molecule has 0 aromatic carbocycles. The SMILES string of the molecule is NNc1cc(OC(C(F)(F)F)C(F)(F)F)ncn1. The molecule has 0 saturated carbocycles. The van der Waals surface area contributed by atoms with Crippen LogP contribution in [0.2, 0.25) is 0 Å². The van der Waals surface area contributed by atoms with Crippen molar-refractivity contribution in [3.63, 3.8) is 0 Å². The molecule has 1 heterocycles. The van der Waals surface area contributed by atoms with Crippen LogP contribution in [0.1, 0.15) is 0 Å². The number of alkyl halides is 6. The highest BCUT2D eigenvalue weighted by Crippen LogP contribution is 2.36. The fraction of sp³-hybridized carbons (Fsp3) is 0.429. The van der Waals surface area contributed by atoms with Crippen molar-refractivity contribution >= 4 is 5.82 Å². The molecule has 1 aromatic rings. The van der Waals surface area contributed by atoms with Crippen molar-refractivity contribution in [1.29, 1.82) is 0 Å². The largest absolute Gasteiger partial charge is 0.455 e. The second-order valence-electron chi connectivity index (χ2n) is 2.97. The van der Waals surface area contributed by atoms with Gasteiger partial charge >= 0.3 is 12.4 Å². The van der Waals surface area contributed by atoms with Crippen molar-refractivity contribution < 1.29 is 31.1 Å². The maximum atomic E-state index is 12.2. The standard InChI is InChI=1S/C7H6F6N4O/c8-6(9,10)5(7(11,12)13)18-4-1-3(17-14)15-2-16-4/h1-2,5H,14H2,(H,15,16,17). The molecule has 0 radical (unpaired) electrons. The summed E-state index contributed by atoms with van der Waals surface area (Å²) in [6.45, 7) is 0. The number of hydrazine groups is 1. The van der Waals surface area contributed by atoms with Gasteiger partial charge in [-0.3, -0.25) is 0 Å². The molecule has 3 N–H and O–H groups in total. The maximum absolute atomic E-state index is 12.2. The Morgan fingerprint density at radius 3 is 2.11 bits per heavy atom. The Bertz CT molecular complexity index is 392. The van der Waals surface area contributed by atoms with Gasteiger partial charge in [0.05, 0.1) is 0 Å². The number of anilines is 1. The zero-order valence-electron chi connectivity index (χ0n) is 8.38. The number of nitrogen functional groups attached to an aromatic ring is 1. The number of aromatic nitrogens is 2. The van der Waals surface area contributed by atoms with E-state index in [0.717, 1.165) is 0 Å². The molecule has 102 valence electrons. The molecule has 5 nitrogen and oxygen atoms in total. The topological polar surface area (TPSA) is 73.1 Å². The Morgan fingerprint density at radius 2 is 1.67 bits per heavy atom. The van der Waals surface area contributed by atoms with Crippen molar-refractivity contribution in [2.75, 3.05) is 5.43 Å². The van der Waals surface area contributed by atoms with Gasteiger partial charge in [-0.1, -0.05) is 0 Å². The molecule has 11 heteroatoms. The number of nitrogens with two attached hydrogens (primary N) is 1. The van der Waals surface area contributed by atoms with Gasteiger partial charge in [-0.25, -0.2) is 15.8 Å². The Kier molecular flexibility index (Phi) is 3.84. The summed E-state index contributed by atoms with van der Waals surface area (Å²) in [6, 6.07) is 0.699. The maximum Gasteiger partial charge on any atom is 0.434 e. The van der Waals surface area contributed by atoms with Crippen molar-refractivity contribution in [3.05, 3.63) is 12.4 Å². The van der Waals surface area contributed by atoms with Crippen molar-refractivity contribution in [3.8, 4) is 5.88 Å². The molecule has 0 saturated heterocycles. The number of hydrogen-bond donors (Lipinski definition) is 2. The second kappa shape index (κ2) is 4.84. The molecule has 0 bridgehead atoms. The lowest BCUT2D eigenvalue weighted by atomic mass is 10.3. The average Bonchev–Trinajstić information content (AvgIpc) is 2.23. The van der Waals surface area contributed by atoms with E-state index in [1.165, 1.54) is 0 Å². The predicted molar refractivity (Wildman–Crippen MR) is 46.4 cm³/mol. The van der Waals surface area contributed by atoms with Gasteiger partial charge < -0.3 is 10.2 Å². The zero-order valence-corrected chi connectivity index (χ0v) is 8.38. The monoisotopic (exact) mass is 276 g/mol. The van der Waals surface area contributed by atoms with Gasteiger partial charge in [0.1, 0.15) is 12.1 Å². The van der Waals surface area contributed by atoms with Crippen LogP contribution in [0.25, 0.3) is 0 Å². The summed E-state index contributed by atoms with van der Waals surface area (Å²) in [6.07, 6.45) is -14.5. The number of halogens is 6. The number of hydrogen-bond acceptors (Lipinski definition) is 5. The van der Waals surface area contributed by atoms with E-state index < -0.39 is 24.3 Å². The van der Waals surface area contributed by atoms with Crippen LogP contribution in [0.5, 0.6) is 5.88 Å². The highest BCUT2D eigenvalue weighted by Gasteiger charge is 2.59. The molecule has 0 amide bonds. The number of nitrogens with zero attached hydrogens (tertiary/aromatic N) is 2. The number of nitrogens with one attached hydrogen (secondary N) is 1. The molecule has 1 aromatic heterocycles. The van der Waals surface area contributed by atoms with E-state index in [4.69, 9.17) is 5.84 Å². The van der Waals surface area contributed by atoms with Crippen molar-refractivity contribution in [2.24, 2.45) is 5.84 Å². The normalized spacial score (nSPS) is 12.7. The number of ether oxygens (including phenoxy) is 1. The van der Waals surface area contributed by atoms with Gasteiger partial charge in [0.2, 0.25) is 5.88 Å². The van der Waals surface area contributed by atoms with E-state index in [1.807, 2.05) is 5.43 Å². The van der Waals surface area contributed by atoms with E-state index in [2.05, 4.69) is 14.7 Å². The van der Waals surface area contributed by atoms with Gasteiger partial charge in [-0.2, -0.15) is 26.3 Å². The smallest absolute Gasteiger partial charge is 0.434 e. The quantitative estimate of drug-likeness (QED) is 0.498. The lowest BCUT2D eigenvalue weighted by Gasteiger charge is -2.23. The summed E-state index contributed by atoms with van der Waals surface area (Å²) in [5.41, 5.74) is 1.92. The summed E-state index contributed by atoms with van der Waals surface area (Å²) in [4.78, 5) is 6.53. The first-order valence-electron chi connectivity index (χ1n) is 4.23. The number of rotatable bonds is 3. The summed E-state index contributed by atoms with van der Waals surface area (Å²) in [5.74, 6) is 3.78. The van der Waals surface area contributed by atoms with E-state index in [-0.39, 0.29) is 5.82 Å². The Labute approximate surface area is 95.9 Å². The van der Waals surface area contributed by atoms with E-state index in [0.29, 0.717) is 12.4 Å². The molecule has 0 aliphatic rings. The van der Waals surface area contributed by atoms with Crippen LogP contribution in [-0.2, 0) is 0 Å². The first-order chi connectivity index (χ1) is 8.14. The predicted octanol–water partition coefficient (Wildman–Crippen LogP) is 1.63. The van der Waals surface area contributed by atoms with Gasteiger partial charge in [0.15, 0.2) is 0 Å². The molecule has 0 fully saturated rings. The van der Waals surface area contributed by atoms with E-state index >= 15 is 0 Å². The van der Waals surface area contributed by atoms with Crippen LogP contribution in [-0.4, -0.2) is 28.4 Å². The average molecular weight is 276 g/mol.